The average Bonchev–Trinajstić information content (AvgIpc) is 2.18. The summed E-state index contributed by atoms with van der Waals surface area (Å²) in [4.78, 5) is 10.8. The molecule has 5 heteroatoms. The largest absolute Gasteiger partial charge is 0.354 e. The number of hydroxylamine groups is 1. The first-order valence-corrected chi connectivity index (χ1v) is 3.54. The van der Waals surface area contributed by atoms with Gasteiger partial charge < -0.3 is 10.2 Å². The fourth-order valence-electron chi connectivity index (χ4n) is 0.880. The van der Waals surface area contributed by atoms with Crippen molar-refractivity contribution in [3.63, 3.8) is 0 Å². The van der Waals surface area contributed by atoms with Gasteiger partial charge in [0.15, 0.2) is 0 Å². The van der Waals surface area contributed by atoms with Crippen LogP contribution in [0, 0.1) is 0 Å². The fraction of sp³-hybridized carbons (Fsp3) is 0.125. The Kier molecular flexibility index (Phi) is 2.62. The number of rotatable bonds is 2. The van der Waals surface area contributed by atoms with Crippen molar-refractivity contribution < 1.29 is 20.2 Å². The predicted molar refractivity (Wildman–Crippen MR) is 42.5 cm³/mol. The summed E-state index contributed by atoms with van der Waals surface area (Å²) in [7, 11) is 0. The molecule has 0 aliphatic heterocycles. The van der Waals surface area contributed by atoms with Gasteiger partial charge in [-0.15, -0.1) is 0 Å². The zero-order valence-corrected chi connectivity index (χ0v) is 6.64. The molecule has 70 valence electrons. The molecule has 0 fully saturated rings. The number of nitrogens with one attached hydrogen (secondary N) is 1. The molecule has 1 rings (SSSR count). The molecule has 1 aromatic rings. The van der Waals surface area contributed by atoms with E-state index >= 15 is 0 Å². The third-order valence-electron chi connectivity index (χ3n) is 1.59. The van der Waals surface area contributed by atoms with E-state index in [-0.39, 0.29) is 5.56 Å². The van der Waals surface area contributed by atoms with E-state index in [0.29, 0.717) is 0 Å². The van der Waals surface area contributed by atoms with Gasteiger partial charge in [0.1, 0.15) is 0 Å². The summed E-state index contributed by atoms with van der Waals surface area (Å²) >= 11 is 0. The summed E-state index contributed by atoms with van der Waals surface area (Å²) in [5.74, 6) is -3.99. The summed E-state index contributed by atoms with van der Waals surface area (Å²) in [6.07, 6.45) is 0. The van der Waals surface area contributed by atoms with Gasteiger partial charge in [-0.3, -0.25) is 10.0 Å². The normalized spacial score (nSPS) is 11.0. The van der Waals surface area contributed by atoms with Gasteiger partial charge >= 0.3 is 5.91 Å². The maximum absolute atomic E-state index is 10.8. The van der Waals surface area contributed by atoms with Crippen molar-refractivity contribution in [2.45, 2.75) is 5.79 Å². The van der Waals surface area contributed by atoms with E-state index in [0.717, 1.165) is 5.48 Å². The second-order valence-corrected chi connectivity index (χ2v) is 2.48. The highest BCUT2D eigenvalue weighted by Crippen LogP contribution is 2.16. The van der Waals surface area contributed by atoms with Crippen molar-refractivity contribution in [1.29, 1.82) is 0 Å². The Balaban J connectivity index is 3.00. The number of carbonyl (C=O) groups is 1. The summed E-state index contributed by atoms with van der Waals surface area (Å²) in [5.41, 5.74) is 1.15. The van der Waals surface area contributed by atoms with Gasteiger partial charge in [-0.2, -0.15) is 0 Å². The van der Waals surface area contributed by atoms with Crippen LogP contribution in [0.4, 0.5) is 0 Å². The van der Waals surface area contributed by atoms with Gasteiger partial charge in [0.2, 0.25) is 0 Å². The molecule has 0 bridgehead atoms. The topological polar surface area (TPSA) is 89.8 Å². The molecule has 0 heterocycles. The molecule has 4 N–H and O–H groups in total. The van der Waals surface area contributed by atoms with E-state index in [4.69, 9.17) is 5.21 Å². The highest BCUT2D eigenvalue weighted by molar-refractivity contribution is 5.83. The smallest absolute Gasteiger partial charge is 0.308 e. The third kappa shape index (κ3) is 1.83. The van der Waals surface area contributed by atoms with Gasteiger partial charge in [0.25, 0.3) is 5.79 Å². The molecule has 5 nitrogen and oxygen atoms in total. The van der Waals surface area contributed by atoms with E-state index in [2.05, 4.69) is 0 Å². The summed E-state index contributed by atoms with van der Waals surface area (Å²) in [6, 6.07) is 7.46. The summed E-state index contributed by atoms with van der Waals surface area (Å²) < 4.78 is 0. The Morgan fingerprint density at radius 3 is 2.23 bits per heavy atom. The van der Waals surface area contributed by atoms with Crippen LogP contribution >= 0.6 is 0 Å². The van der Waals surface area contributed by atoms with Crippen LogP contribution in [0.5, 0.6) is 0 Å². The molecule has 0 unspecified atom stereocenters. The minimum absolute atomic E-state index is 0.0125. The van der Waals surface area contributed by atoms with E-state index in [1.165, 1.54) is 12.1 Å². The molecule has 0 radical (unpaired) electrons. The Morgan fingerprint density at radius 1 is 1.23 bits per heavy atom. The number of benzene rings is 1. The molecule has 1 amide bonds. The molecular formula is C8H9NO4. The highest BCUT2D eigenvalue weighted by atomic mass is 16.5. The van der Waals surface area contributed by atoms with Gasteiger partial charge in [0, 0.05) is 5.56 Å². The second-order valence-electron chi connectivity index (χ2n) is 2.48. The minimum Gasteiger partial charge on any atom is -0.354 e. The lowest BCUT2D eigenvalue weighted by atomic mass is 10.1. The maximum atomic E-state index is 10.8. The molecule has 0 atom stereocenters. The van der Waals surface area contributed by atoms with Crippen molar-refractivity contribution in [3.05, 3.63) is 35.9 Å². The van der Waals surface area contributed by atoms with Gasteiger partial charge in [-0.05, 0) is 0 Å². The van der Waals surface area contributed by atoms with Crippen LogP contribution in [0.25, 0.3) is 0 Å². The first-order chi connectivity index (χ1) is 6.09. The van der Waals surface area contributed by atoms with Gasteiger partial charge in [0.05, 0.1) is 0 Å². The Bertz CT molecular complexity index is 296. The fourth-order valence-corrected chi connectivity index (χ4v) is 0.880. The number of hydrogen-bond donors (Lipinski definition) is 4. The highest BCUT2D eigenvalue weighted by Gasteiger charge is 2.34. The zero-order valence-electron chi connectivity index (χ0n) is 6.64. The molecule has 13 heavy (non-hydrogen) atoms. The van der Waals surface area contributed by atoms with E-state index in [1.54, 1.807) is 18.2 Å². The lowest BCUT2D eigenvalue weighted by Crippen LogP contribution is -2.43. The van der Waals surface area contributed by atoms with E-state index in [1.807, 2.05) is 0 Å². The molecule has 0 spiro atoms. The minimum atomic E-state index is -2.70. The van der Waals surface area contributed by atoms with Crippen molar-refractivity contribution in [1.82, 2.24) is 5.48 Å². The van der Waals surface area contributed by atoms with Crippen LogP contribution in [0.1, 0.15) is 5.56 Å². The zero-order chi connectivity index (χ0) is 9.90. The second kappa shape index (κ2) is 3.53. The van der Waals surface area contributed by atoms with Crippen LogP contribution in [0.15, 0.2) is 30.3 Å². The van der Waals surface area contributed by atoms with Crippen LogP contribution in [0.2, 0.25) is 0 Å². The van der Waals surface area contributed by atoms with Crippen LogP contribution in [0.3, 0.4) is 0 Å². The van der Waals surface area contributed by atoms with Crippen LogP contribution in [-0.4, -0.2) is 21.3 Å². The quantitative estimate of drug-likeness (QED) is 0.278. The first kappa shape index (κ1) is 9.66. The molecule has 0 aromatic heterocycles. The van der Waals surface area contributed by atoms with Gasteiger partial charge in [-0.1, -0.05) is 30.3 Å². The molecule has 0 aliphatic rings. The number of hydrogen-bond acceptors (Lipinski definition) is 4. The Hall–Kier alpha value is -1.43. The lowest BCUT2D eigenvalue weighted by molar-refractivity contribution is -0.197. The number of carbonyl (C=O) groups excluding carboxylic acids is 1. The standard InChI is InChI=1S/C8H9NO4/c10-7(9-13)8(11,12)6-4-2-1-3-5-6/h1-5,11-13H,(H,9,10). The molecule has 0 saturated carbocycles. The summed E-state index contributed by atoms with van der Waals surface area (Å²) in [5, 5.41) is 26.7. The van der Waals surface area contributed by atoms with Gasteiger partial charge in [-0.25, -0.2) is 5.48 Å². The number of amides is 1. The first-order valence-electron chi connectivity index (χ1n) is 3.54. The SMILES string of the molecule is O=C(NO)C(O)(O)c1ccccc1. The van der Waals surface area contributed by atoms with E-state index in [9.17, 15) is 15.0 Å². The van der Waals surface area contributed by atoms with Crippen molar-refractivity contribution >= 4 is 5.91 Å². The molecule has 0 aliphatic carbocycles. The Morgan fingerprint density at radius 2 is 1.77 bits per heavy atom. The molecular weight excluding hydrogens is 174 g/mol. The molecule has 0 saturated heterocycles. The Labute approximate surface area is 74.2 Å². The average molecular weight is 183 g/mol. The van der Waals surface area contributed by atoms with Crippen molar-refractivity contribution in [2.24, 2.45) is 0 Å². The van der Waals surface area contributed by atoms with Crippen LogP contribution < -0.4 is 5.48 Å². The lowest BCUT2D eigenvalue weighted by Gasteiger charge is -2.18. The number of aliphatic hydroxyl groups is 2. The third-order valence-corrected chi connectivity index (χ3v) is 1.59. The van der Waals surface area contributed by atoms with Crippen LogP contribution in [-0.2, 0) is 10.6 Å². The maximum Gasteiger partial charge on any atom is 0.308 e. The van der Waals surface area contributed by atoms with Crippen molar-refractivity contribution in [3.8, 4) is 0 Å². The monoisotopic (exact) mass is 183 g/mol. The van der Waals surface area contributed by atoms with Crippen molar-refractivity contribution in [2.75, 3.05) is 0 Å². The predicted octanol–water partition coefficient (Wildman–Crippen LogP) is -0.671. The molecule has 1 aromatic carbocycles. The van der Waals surface area contributed by atoms with E-state index < -0.39 is 11.7 Å². The summed E-state index contributed by atoms with van der Waals surface area (Å²) in [6.45, 7) is 0.